The maximum Gasteiger partial charge on any atom is 0.277 e. The van der Waals surface area contributed by atoms with Crippen LogP contribution in [0.1, 0.15) is 16.2 Å². The number of hydrogen-bond acceptors (Lipinski definition) is 6. The van der Waals surface area contributed by atoms with Gasteiger partial charge in [0, 0.05) is 12.4 Å². The number of anilines is 1. The summed E-state index contributed by atoms with van der Waals surface area (Å²) in [4.78, 5) is 28.7. The third-order valence-electron chi connectivity index (χ3n) is 2.99. The van der Waals surface area contributed by atoms with E-state index in [0.29, 0.717) is 10.8 Å². The Morgan fingerprint density at radius 3 is 2.96 bits per heavy atom. The fourth-order valence-electron chi connectivity index (χ4n) is 1.86. The highest BCUT2D eigenvalue weighted by Gasteiger charge is 2.14. The average molecular weight is 347 g/mol. The maximum absolute atomic E-state index is 12.2. The van der Waals surface area contributed by atoms with Crippen molar-refractivity contribution in [3.05, 3.63) is 40.3 Å². The predicted octanol–water partition coefficient (Wildman–Crippen LogP) is 2.14. The zero-order chi connectivity index (χ0) is 16.2. The van der Waals surface area contributed by atoms with Gasteiger partial charge in [0.25, 0.3) is 5.91 Å². The Labute approximate surface area is 139 Å². The zero-order valence-corrected chi connectivity index (χ0v) is 13.8. The highest BCUT2D eigenvalue weighted by molar-refractivity contribution is 7.14. The Morgan fingerprint density at radius 1 is 1.35 bits per heavy atom. The van der Waals surface area contributed by atoms with E-state index in [0.717, 1.165) is 10.6 Å². The minimum Gasteiger partial charge on any atom is -0.359 e. The summed E-state index contributed by atoms with van der Waals surface area (Å²) >= 11 is 2.84. The lowest BCUT2D eigenvalue weighted by atomic mass is 10.3. The second-order valence-corrected chi connectivity index (χ2v) is 6.40. The van der Waals surface area contributed by atoms with Crippen molar-refractivity contribution in [3.63, 3.8) is 0 Å². The van der Waals surface area contributed by atoms with Gasteiger partial charge in [0.15, 0.2) is 10.8 Å². The summed E-state index contributed by atoms with van der Waals surface area (Å²) in [7, 11) is 1.57. The number of nitrogens with zero attached hydrogens (tertiary/aromatic N) is 2. The molecule has 23 heavy (non-hydrogen) atoms. The van der Waals surface area contributed by atoms with Crippen LogP contribution in [0.3, 0.4) is 0 Å². The number of H-pyrrole nitrogens is 1. The van der Waals surface area contributed by atoms with E-state index in [-0.39, 0.29) is 23.9 Å². The van der Waals surface area contributed by atoms with Gasteiger partial charge in [-0.15, -0.1) is 22.7 Å². The van der Waals surface area contributed by atoms with Crippen LogP contribution < -0.4 is 10.6 Å². The van der Waals surface area contributed by atoms with E-state index in [9.17, 15) is 9.59 Å². The van der Waals surface area contributed by atoms with Crippen LogP contribution in [0, 0.1) is 0 Å². The molecule has 3 aromatic heterocycles. The minimum absolute atomic E-state index is 0.124. The first-order valence-corrected chi connectivity index (χ1v) is 8.47. The number of rotatable bonds is 5. The third kappa shape index (κ3) is 3.63. The molecule has 3 aromatic rings. The van der Waals surface area contributed by atoms with E-state index in [2.05, 4.69) is 25.8 Å². The van der Waals surface area contributed by atoms with Crippen molar-refractivity contribution in [3.8, 4) is 10.6 Å². The van der Waals surface area contributed by atoms with Gasteiger partial charge < -0.3 is 5.32 Å². The van der Waals surface area contributed by atoms with Crippen LogP contribution >= 0.6 is 22.7 Å². The molecule has 0 aliphatic carbocycles. The van der Waals surface area contributed by atoms with Crippen LogP contribution in [0.4, 0.5) is 5.13 Å². The summed E-state index contributed by atoms with van der Waals surface area (Å²) in [6.45, 7) is 0. The number of carbonyl (C=O) groups excluding carboxylic acids is 2. The molecule has 0 unspecified atom stereocenters. The van der Waals surface area contributed by atoms with Gasteiger partial charge in [0.1, 0.15) is 0 Å². The first-order chi connectivity index (χ1) is 11.2. The Bertz CT molecular complexity index is 822. The molecule has 0 atom stereocenters. The maximum atomic E-state index is 12.2. The minimum atomic E-state index is -0.343. The van der Waals surface area contributed by atoms with Crippen LogP contribution in [0.5, 0.6) is 0 Å². The Hall–Kier alpha value is -2.52. The number of likely N-dealkylation sites (N-methyl/N-ethyl adjacent to an activating group) is 1. The van der Waals surface area contributed by atoms with Crippen LogP contribution in [0.15, 0.2) is 29.0 Å². The highest BCUT2D eigenvalue weighted by Crippen LogP contribution is 2.23. The molecule has 7 nitrogen and oxygen atoms in total. The quantitative estimate of drug-likeness (QED) is 0.658. The van der Waals surface area contributed by atoms with Crippen molar-refractivity contribution in [2.24, 2.45) is 0 Å². The molecule has 0 spiro atoms. The van der Waals surface area contributed by atoms with E-state index < -0.39 is 0 Å². The van der Waals surface area contributed by atoms with Crippen molar-refractivity contribution in [1.29, 1.82) is 0 Å². The van der Waals surface area contributed by atoms with Crippen molar-refractivity contribution in [2.75, 3.05) is 12.4 Å². The monoisotopic (exact) mass is 347 g/mol. The number of amides is 2. The topological polar surface area (TPSA) is 99.8 Å². The van der Waals surface area contributed by atoms with E-state index in [1.165, 1.54) is 11.3 Å². The molecule has 2 amide bonds. The number of thiophene rings is 1. The molecular weight excluding hydrogens is 334 g/mol. The average Bonchev–Trinajstić information content (AvgIpc) is 3.28. The SMILES string of the molecule is CNC(=O)Cc1csc(NC(=O)c2cc(-c3cccs3)[nH]n2)n1. The molecular formula is C14H13N5O2S2. The summed E-state index contributed by atoms with van der Waals surface area (Å²) in [6, 6.07) is 5.58. The molecule has 3 heterocycles. The van der Waals surface area contributed by atoms with Crippen molar-refractivity contribution in [1.82, 2.24) is 20.5 Å². The van der Waals surface area contributed by atoms with Crippen molar-refractivity contribution >= 4 is 39.6 Å². The summed E-state index contributed by atoms with van der Waals surface area (Å²) < 4.78 is 0. The van der Waals surface area contributed by atoms with Crippen LogP contribution in [-0.4, -0.2) is 34.0 Å². The summed E-state index contributed by atoms with van der Waals surface area (Å²) in [5.74, 6) is -0.467. The molecule has 3 rings (SSSR count). The van der Waals surface area contributed by atoms with Crippen LogP contribution in [-0.2, 0) is 11.2 Å². The third-order valence-corrected chi connectivity index (χ3v) is 4.70. The molecule has 0 aromatic carbocycles. The van der Waals surface area contributed by atoms with E-state index in [1.807, 2.05) is 17.5 Å². The number of nitrogens with one attached hydrogen (secondary N) is 3. The summed E-state index contributed by atoms with van der Waals surface area (Å²) in [5, 5.41) is 16.2. The van der Waals surface area contributed by atoms with Gasteiger partial charge in [-0.25, -0.2) is 4.98 Å². The fraction of sp³-hybridized carbons (Fsp3) is 0.143. The number of aromatic nitrogens is 3. The van der Waals surface area contributed by atoms with Gasteiger partial charge in [-0.05, 0) is 17.5 Å². The molecule has 0 fully saturated rings. The second kappa shape index (κ2) is 6.71. The lowest BCUT2D eigenvalue weighted by Gasteiger charge is -1.97. The Kier molecular flexibility index (Phi) is 4.49. The van der Waals surface area contributed by atoms with E-state index in [1.54, 1.807) is 29.8 Å². The normalized spacial score (nSPS) is 10.5. The van der Waals surface area contributed by atoms with Gasteiger partial charge in [0.05, 0.1) is 22.7 Å². The number of thiazole rings is 1. The molecule has 0 aliphatic heterocycles. The van der Waals surface area contributed by atoms with Crippen LogP contribution in [0.2, 0.25) is 0 Å². The predicted molar refractivity (Wildman–Crippen MR) is 89.7 cm³/mol. The first kappa shape index (κ1) is 15.4. The standard InChI is InChI=1S/C14H13N5O2S2/c1-15-12(20)5-8-7-23-14(16-8)17-13(21)10-6-9(18-19-10)11-3-2-4-22-11/h2-4,6-7H,5H2,1H3,(H,15,20)(H,18,19)(H,16,17,21). The van der Waals surface area contributed by atoms with E-state index >= 15 is 0 Å². The van der Waals surface area contributed by atoms with Crippen molar-refractivity contribution in [2.45, 2.75) is 6.42 Å². The molecule has 0 radical (unpaired) electrons. The smallest absolute Gasteiger partial charge is 0.277 e. The molecule has 9 heteroatoms. The van der Waals surface area contributed by atoms with Crippen molar-refractivity contribution < 1.29 is 9.59 Å². The lowest BCUT2D eigenvalue weighted by molar-refractivity contribution is -0.120. The van der Waals surface area contributed by atoms with Crippen LogP contribution in [0.25, 0.3) is 10.6 Å². The molecule has 3 N–H and O–H groups in total. The number of aromatic amines is 1. The highest BCUT2D eigenvalue weighted by atomic mass is 32.1. The molecule has 0 bridgehead atoms. The molecule has 0 saturated carbocycles. The van der Waals surface area contributed by atoms with Gasteiger partial charge in [-0.1, -0.05) is 6.07 Å². The Morgan fingerprint density at radius 2 is 2.22 bits per heavy atom. The lowest BCUT2D eigenvalue weighted by Crippen LogP contribution is -2.20. The van der Waals surface area contributed by atoms with Gasteiger partial charge in [0.2, 0.25) is 5.91 Å². The van der Waals surface area contributed by atoms with E-state index in [4.69, 9.17) is 0 Å². The van der Waals surface area contributed by atoms with Gasteiger partial charge in [-0.2, -0.15) is 5.10 Å². The number of hydrogen-bond donors (Lipinski definition) is 3. The molecule has 0 saturated heterocycles. The molecule has 0 aliphatic rings. The largest absolute Gasteiger partial charge is 0.359 e. The second-order valence-electron chi connectivity index (χ2n) is 4.59. The van der Waals surface area contributed by atoms with Gasteiger partial charge >= 0.3 is 0 Å². The fourth-order valence-corrected chi connectivity index (χ4v) is 3.25. The molecule has 118 valence electrons. The first-order valence-electron chi connectivity index (χ1n) is 6.71. The summed E-state index contributed by atoms with van der Waals surface area (Å²) in [5.41, 5.74) is 1.70. The zero-order valence-electron chi connectivity index (χ0n) is 12.1. The summed E-state index contributed by atoms with van der Waals surface area (Å²) in [6.07, 6.45) is 0.188. The Balaban J connectivity index is 1.66. The number of carbonyl (C=O) groups is 2. The van der Waals surface area contributed by atoms with Gasteiger partial charge in [-0.3, -0.25) is 20.0 Å².